The lowest BCUT2D eigenvalue weighted by Crippen LogP contribution is -2.10. The Morgan fingerprint density at radius 1 is 0.434 bits per heavy atom. The summed E-state index contributed by atoms with van der Waals surface area (Å²) < 4.78 is 6.43. The maximum Gasteiger partial charge on any atom is 0.240 e. The largest absolute Gasteiger partial charge is 0.309 e. The second-order valence-electron chi connectivity index (χ2n) is 13.1. The summed E-state index contributed by atoms with van der Waals surface area (Å²) in [5.74, 6) is 1.34. The lowest BCUT2D eigenvalue weighted by molar-refractivity contribution is 0.893. The Hall–Kier alpha value is -7.63. The van der Waals surface area contributed by atoms with E-state index in [2.05, 4.69) is 108 Å². The third kappa shape index (κ3) is 4.22. The minimum Gasteiger partial charge on any atom is -0.309 e. The smallest absolute Gasteiger partial charge is 0.240 e. The number of benzene rings is 6. The zero-order valence-electron chi connectivity index (χ0n) is 28.1. The van der Waals surface area contributed by atoms with Crippen molar-refractivity contribution in [2.24, 2.45) is 0 Å². The molecule has 5 heterocycles. The molecule has 0 spiro atoms. The Labute approximate surface area is 302 Å². The summed E-state index contributed by atoms with van der Waals surface area (Å²) in [6.45, 7) is 8.29. The van der Waals surface area contributed by atoms with Crippen LogP contribution in [0.4, 0.5) is 5.69 Å². The zero-order chi connectivity index (χ0) is 35.0. The van der Waals surface area contributed by atoms with Gasteiger partial charge in [-0.1, -0.05) is 97.1 Å². The molecular weight excluding hydrogens is 653 g/mol. The maximum atomic E-state index is 8.29. The van der Waals surface area contributed by atoms with Crippen molar-refractivity contribution in [3.8, 4) is 29.0 Å². The van der Waals surface area contributed by atoms with Gasteiger partial charge < -0.3 is 4.57 Å². The Morgan fingerprint density at radius 2 is 0.868 bits per heavy atom. The molecule has 0 fully saturated rings. The van der Waals surface area contributed by atoms with E-state index in [0.29, 0.717) is 29.0 Å². The molecule has 0 aliphatic heterocycles. The van der Waals surface area contributed by atoms with E-state index in [0.717, 1.165) is 71.1 Å². The SMILES string of the molecule is [C-]#[N+]c1ccc(-n2c3ccccc3c3cnccc32)cc1-c1nc(-n2c3ccccc3c3ccccc32)nc(-n2c3ccccc3c3ccccc32)n1. The van der Waals surface area contributed by atoms with E-state index in [4.69, 9.17) is 21.5 Å². The van der Waals surface area contributed by atoms with Gasteiger partial charge in [-0.2, -0.15) is 15.0 Å². The van der Waals surface area contributed by atoms with Crippen LogP contribution in [0.25, 0.3) is 99.2 Å². The first-order valence-corrected chi connectivity index (χ1v) is 17.4. The standard InChI is InChI=1S/C45H26N8/c1-46-36-23-22-28(51-37-17-7-6-16-33(37)35-27-47-25-24-42(35)51)26-34(36)43-48-44(52-38-18-8-2-12-29(38)30-13-3-9-19-39(30)52)50-45(49-43)53-40-20-10-4-14-31(40)32-15-5-11-21-41(32)53/h2-27H. The summed E-state index contributed by atoms with van der Waals surface area (Å²) in [6.07, 6.45) is 3.72. The van der Waals surface area contributed by atoms with Crippen molar-refractivity contribution in [1.82, 2.24) is 33.6 Å². The minimum atomic E-state index is 0.406. The van der Waals surface area contributed by atoms with Gasteiger partial charge in [0, 0.05) is 56.0 Å². The van der Waals surface area contributed by atoms with Crippen LogP contribution in [0.3, 0.4) is 0 Å². The Kier molecular flexibility index (Phi) is 6.15. The van der Waals surface area contributed by atoms with Crippen LogP contribution < -0.4 is 0 Å². The van der Waals surface area contributed by atoms with Crippen molar-refractivity contribution in [2.75, 3.05) is 0 Å². The fourth-order valence-electron chi connectivity index (χ4n) is 7.98. The number of hydrogen-bond acceptors (Lipinski definition) is 4. The second-order valence-corrected chi connectivity index (χ2v) is 13.1. The van der Waals surface area contributed by atoms with Gasteiger partial charge in [0.2, 0.25) is 11.9 Å². The van der Waals surface area contributed by atoms with Crippen molar-refractivity contribution >= 4 is 71.1 Å². The van der Waals surface area contributed by atoms with Crippen LogP contribution in [0, 0.1) is 6.57 Å². The molecule has 0 radical (unpaired) electrons. The Bertz CT molecular complexity index is 3030. The normalized spacial score (nSPS) is 11.8. The van der Waals surface area contributed by atoms with Gasteiger partial charge >= 0.3 is 0 Å². The average Bonchev–Trinajstić information content (AvgIpc) is 3.86. The van der Waals surface area contributed by atoms with Gasteiger partial charge in [-0.25, -0.2) is 4.85 Å². The molecule has 246 valence electrons. The maximum absolute atomic E-state index is 8.29. The molecule has 0 saturated heterocycles. The van der Waals surface area contributed by atoms with Crippen molar-refractivity contribution in [3.63, 3.8) is 0 Å². The van der Waals surface area contributed by atoms with Crippen molar-refractivity contribution in [1.29, 1.82) is 0 Å². The number of nitrogens with zero attached hydrogens (tertiary/aromatic N) is 8. The Morgan fingerprint density at radius 3 is 1.36 bits per heavy atom. The number of para-hydroxylation sites is 5. The number of fused-ring (bicyclic) bond motifs is 9. The molecule has 0 unspecified atom stereocenters. The molecule has 0 aliphatic rings. The number of hydrogen-bond donors (Lipinski definition) is 0. The van der Waals surface area contributed by atoms with Crippen LogP contribution in [-0.4, -0.2) is 33.6 Å². The summed E-state index contributed by atoms with van der Waals surface area (Å²) in [4.78, 5) is 24.2. The lowest BCUT2D eigenvalue weighted by Gasteiger charge is -2.14. The average molecular weight is 679 g/mol. The lowest BCUT2D eigenvalue weighted by atomic mass is 10.1. The highest BCUT2D eigenvalue weighted by Crippen LogP contribution is 2.38. The van der Waals surface area contributed by atoms with Crippen LogP contribution in [0.5, 0.6) is 0 Å². The third-order valence-corrected chi connectivity index (χ3v) is 10.2. The number of pyridine rings is 1. The summed E-state index contributed by atoms with van der Waals surface area (Å²) in [7, 11) is 0. The molecule has 0 amide bonds. The Balaban J connectivity index is 1.25. The first-order valence-electron chi connectivity index (χ1n) is 17.4. The topological polar surface area (TPSA) is 70.7 Å². The van der Waals surface area contributed by atoms with Crippen LogP contribution in [0.1, 0.15) is 0 Å². The quantitative estimate of drug-likeness (QED) is 0.174. The summed E-state index contributed by atoms with van der Waals surface area (Å²) in [6, 6.07) is 49.5. The van der Waals surface area contributed by atoms with Crippen molar-refractivity contribution < 1.29 is 0 Å². The minimum absolute atomic E-state index is 0.406. The van der Waals surface area contributed by atoms with Crippen LogP contribution in [0.2, 0.25) is 0 Å². The van der Waals surface area contributed by atoms with Crippen LogP contribution in [0.15, 0.2) is 158 Å². The molecule has 0 N–H and O–H groups in total. The van der Waals surface area contributed by atoms with Gasteiger partial charge in [0.25, 0.3) is 0 Å². The molecule has 5 aromatic heterocycles. The van der Waals surface area contributed by atoms with Gasteiger partial charge in [-0.15, -0.1) is 0 Å². The van der Waals surface area contributed by atoms with Gasteiger partial charge in [-0.05, 0) is 48.5 Å². The molecule has 53 heavy (non-hydrogen) atoms. The molecule has 6 aromatic carbocycles. The monoisotopic (exact) mass is 678 g/mol. The first-order chi connectivity index (χ1) is 26.3. The molecule has 8 nitrogen and oxygen atoms in total. The zero-order valence-corrected chi connectivity index (χ0v) is 28.1. The predicted molar refractivity (Wildman–Crippen MR) is 212 cm³/mol. The molecule has 11 rings (SSSR count). The molecular formula is C45H26N8. The number of rotatable bonds is 4. The molecule has 0 bridgehead atoms. The van der Waals surface area contributed by atoms with Gasteiger partial charge in [0.05, 0.1) is 39.7 Å². The predicted octanol–water partition coefficient (Wildman–Crippen LogP) is 10.8. The summed E-state index contributed by atoms with van der Waals surface area (Å²) in [5, 5.41) is 6.58. The van der Waals surface area contributed by atoms with Gasteiger partial charge in [0.1, 0.15) is 0 Å². The van der Waals surface area contributed by atoms with Crippen LogP contribution >= 0.6 is 0 Å². The fourth-order valence-corrected chi connectivity index (χ4v) is 7.98. The highest BCUT2D eigenvalue weighted by molar-refractivity contribution is 6.11. The van der Waals surface area contributed by atoms with E-state index < -0.39 is 0 Å². The highest BCUT2D eigenvalue weighted by atomic mass is 15.3. The molecule has 0 aliphatic carbocycles. The molecule has 0 atom stereocenters. The van der Waals surface area contributed by atoms with E-state index in [-0.39, 0.29) is 0 Å². The van der Waals surface area contributed by atoms with Crippen molar-refractivity contribution in [2.45, 2.75) is 0 Å². The third-order valence-electron chi connectivity index (χ3n) is 10.2. The van der Waals surface area contributed by atoms with E-state index in [1.54, 1.807) is 0 Å². The van der Waals surface area contributed by atoms with Crippen LogP contribution in [-0.2, 0) is 0 Å². The van der Waals surface area contributed by atoms with E-state index >= 15 is 0 Å². The van der Waals surface area contributed by atoms with Gasteiger partial charge in [0.15, 0.2) is 11.5 Å². The van der Waals surface area contributed by atoms with Gasteiger partial charge in [-0.3, -0.25) is 14.1 Å². The molecule has 8 heteroatoms. The second kappa shape index (κ2) is 11.2. The van der Waals surface area contributed by atoms with E-state index in [1.165, 1.54) is 0 Å². The number of aromatic nitrogens is 7. The first kappa shape index (κ1) is 29.1. The highest BCUT2D eigenvalue weighted by Gasteiger charge is 2.22. The van der Waals surface area contributed by atoms with E-state index in [9.17, 15) is 0 Å². The molecule has 0 saturated carbocycles. The van der Waals surface area contributed by atoms with Crippen molar-refractivity contribution in [3.05, 3.63) is 169 Å². The molecule has 11 aromatic rings. The fraction of sp³-hybridized carbons (Fsp3) is 0. The summed E-state index contributed by atoms with van der Waals surface area (Å²) in [5.41, 5.74) is 7.96. The van der Waals surface area contributed by atoms with E-state index in [1.807, 2.05) is 73.1 Å². The summed E-state index contributed by atoms with van der Waals surface area (Å²) >= 11 is 0.